The maximum absolute atomic E-state index is 11.6. The standard InChI is InChI=1S/C19H30N2O2.ClH/c1-4-23-19-6-5-17(15(2)22)13-18(19)14-21-11-8-16(9-12-21)7-10-20-3;/h5-6,13,16,20H,4,7-12,14H2,1-3H3;1H. The molecule has 5 heteroatoms. The van der Waals surface area contributed by atoms with E-state index in [0.29, 0.717) is 6.61 Å². The summed E-state index contributed by atoms with van der Waals surface area (Å²) < 4.78 is 5.74. The molecule has 1 aromatic rings. The number of ether oxygens (including phenoxy) is 1. The number of likely N-dealkylation sites (tertiary alicyclic amines) is 1. The van der Waals surface area contributed by atoms with Gasteiger partial charge < -0.3 is 10.1 Å². The summed E-state index contributed by atoms with van der Waals surface area (Å²) in [5, 5.41) is 3.24. The minimum atomic E-state index is 0. The van der Waals surface area contributed by atoms with E-state index in [1.165, 1.54) is 19.3 Å². The third kappa shape index (κ3) is 6.08. The van der Waals surface area contributed by atoms with Crippen molar-refractivity contribution in [2.45, 2.75) is 39.7 Å². The summed E-state index contributed by atoms with van der Waals surface area (Å²) in [6.45, 7) is 8.50. The molecule has 0 radical (unpaired) electrons. The van der Waals surface area contributed by atoms with E-state index in [4.69, 9.17) is 4.74 Å². The molecule has 1 N–H and O–H groups in total. The normalized spacial score (nSPS) is 15.8. The lowest BCUT2D eigenvalue weighted by molar-refractivity contribution is 0.101. The Morgan fingerprint density at radius 1 is 1.33 bits per heavy atom. The number of carbonyl (C=O) groups excluding carboxylic acids is 1. The van der Waals surface area contributed by atoms with Crippen molar-refractivity contribution in [3.63, 3.8) is 0 Å². The highest BCUT2D eigenvalue weighted by Gasteiger charge is 2.20. The number of hydrogen-bond donors (Lipinski definition) is 1. The van der Waals surface area contributed by atoms with E-state index in [-0.39, 0.29) is 18.2 Å². The summed E-state index contributed by atoms with van der Waals surface area (Å²) in [7, 11) is 2.02. The number of Topliss-reactive ketones (excluding diaryl/α,β-unsaturated/α-hetero) is 1. The van der Waals surface area contributed by atoms with Gasteiger partial charge in [0.15, 0.2) is 5.78 Å². The maximum atomic E-state index is 11.6. The molecule has 1 aliphatic heterocycles. The molecule has 0 atom stereocenters. The average molecular weight is 355 g/mol. The topological polar surface area (TPSA) is 41.6 Å². The van der Waals surface area contributed by atoms with Crippen molar-refractivity contribution in [1.29, 1.82) is 0 Å². The van der Waals surface area contributed by atoms with E-state index in [1.807, 2.05) is 32.2 Å². The molecule has 1 aromatic carbocycles. The number of hydrogen-bond acceptors (Lipinski definition) is 4. The summed E-state index contributed by atoms with van der Waals surface area (Å²) in [6, 6.07) is 5.80. The molecule has 0 bridgehead atoms. The third-order valence-electron chi connectivity index (χ3n) is 4.67. The van der Waals surface area contributed by atoms with Gasteiger partial charge in [-0.05, 0) is 83.9 Å². The van der Waals surface area contributed by atoms with E-state index in [2.05, 4.69) is 10.2 Å². The van der Waals surface area contributed by atoms with Gasteiger partial charge in [0.05, 0.1) is 6.61 Å². The second kappa shape index (κ2) is 10.7. The summed E-state index contributed by atoms with van der Waals surface area (Å²) in [5.74, 6) is 1.86. The Labute approximate surface area is 152 Å². The molecule has 2 rings (SSSR count). The number of nitrogens with zero attached hydrogens (tertiary/aromatic N) is 1. The molecule has 0 unspecified atom stereocenters. The highest BCUT2D eigenvalue weighted by Crippen LogP contribution is 2.26. The van der Waals surface area contributed by atoms with Crippen molar-refractivity contribution in [3.05, 3.63) is 29.3 Å². The van der Waals surface area contributed by atoms with Gasteiger partial charge in [-0.3, -0.25) is 9.69 Å². The van der Waals surface area contributed by atoms with Gasteiger partial charge in [-0.2, -0.15) is 0 Å². The van der Waals surface area contributed by atoms with Gasteiger partial charge in [0, 0.05) is 17.7 Å². The van der Waals surface area contributed by atoms with Crippen LogP contribution in [-0.2, 0) is 6.54 Å². The summed E-state index contributed by atoms with van der Waals surface area (Å²) in [5.41, 5.74) is 1.90. The van der Waals surface area contributed by atoms with E-state index in [0.717, 1.165) is 49.0 Å². The van der Waals surface area contributed by atoms with Crippen molar-refractivity contribution in [1.82, 2.24) is 10.2 Å². The first-order valence-electron chi connectivity index (χ1n) is 8.77. The second-order valence-electron chi connectivity index (χ2n) is 6.42. The molecule has 1 fully saturated rings. The predicted molar refractivity (Wildman–Crippen MR) is 101 cm³/mol. The lowest BCUT2D eigenvalue weighted by Crippen LogP contribution is -2.34. The van der Waals surface area contributed by atoms with Gasteiger partial charge in [-0.1, -0.05) is 0 Å². The molecular weight excluding hydrogens is 324 g/mol. The fraction of sp³-hybridized carbons (Fsp3) is 0.632. The number of ketones is 1. The van der Waals surface area contributed by atoms with E-state index >= 15 is 0 Å². The Hall–Kier alpha value is -1.10. The van der Waals surface area contributed by atoms with Crippen molar-refractivity contribution >= 4 is 18.2 Å². The summed E-state index contributed by atoms with van der Waals surface area (Å²) in [4.78, 5) is 14.1. The van der Waals surface area contributed by atoms with Crippen LogP contribution >= 0.6 is 12.4 Å². The van der Waals surface area contributed by atoms with Crippen LogP contribution in [0.5, 0.6) is 5.75 Å². The Morgan fingerprint density at radius 3 is 2.62 bits per heavy atom. The number of piperidine rings is 1. The Balaban J connectivity index is 0.00000288. The van der Waals surface area contributed by atoms with Gasteiger partial charge in [0.1, 0.15) is 5.75 Å². The molecule has 1 heterocycles. The van der Waals surface area contributed by atoms with Gasteiger partial charge in [-0.25, -0.2) is 0 Å². The Bertz CT molecular complexity index is 514. The Morgan fingerprint density at radius 2 is 2.04 bits per heavy atom. The third-order valence-corrected chi connectivity index (χ3v) is 4.67. The molecule has 4 nitrogen and oxygen atoms in total. The van der Waals surface area contributed by atoms with Gasteiger partial charge in [-0.15, -0.1) is 12.4 Å². The van der Waals surface area contributed by atoms with Crippen LogP contribution in [0.4, 0.5) is 0 Å². The number of benzene rings is 1. The van der Waals surface area contributed by atoms with Crippen LogP contribution in [0.1, 0.15) is 49.0 Å². The molecule has 0 saturated carbocycles. The zero-order chi connectivity index (χ0) is 16.7. The lowest BCUT2D eigenvalue weighted by Gasteiger charge is -2.32. The first-order chi connectivity index (χ1) is 11.1. The maximum Gasteiger partial charge on any atom is 0.159 e. The highest BCUT2D eigenvalue weighted by atomic mass is 35.5. The van der Waals surface area contributed by atoms with Crippen LogP contribution in [-0.4, -0.2) is 44.0 Å². The van der Waals surface area contributed by atoms with Gasteiger partial charge in [0.2, 0.25) is 0 Å². The number of halogens is 1. The zero-order valence-corrected chi connectivity index (χ0v) is 16.0. The second-order valence-corrected chi connectivity index (χ2v) is 6.42. The summed E-state index contributed by atoms with van der Waals surface area (Å²) >= 11 is 0. The molecule has 0 aromatic heterocycles. The predicted octanol–water partition coefficient (Wildman–Crippen LogP) is 3.53. The lowest BCUT2D eigenvalue weighted by atomic mass is 9.93. The number of carbonyl (C=O) groups is 1. The number of nitrogens with one attached hydrogen (secondary N) is 1. The largest absolute Gasteiger partial charge is 0.494 e. The fourth-order valence-corrected chi connectivity index (χ4v) is 3.24. The fourth-order valence-electron chi connectivity index (χ4n) is 3.24. The number of rotatable bonds is 8. The van der Waals surface area contributed by atoms with Crippen LogP contribution in [0.2, 0.25) is 0 Å². The van der Waals surface area contributed by atoms with E-state index in [9.17, 15) is 4.79 Å². The molecule has 1 saturated heterocycles. The molecular formula is C19H31ClN2O2. The van der Waals surface area contributed by atoms with Crippen molar-refractivity contribution in [3.8, 4) is 5.75 Å². The van der Waals surface area contributed by atoms with Crippen molar-refractivity contribution < 1.29 is 9.53 Å². The van der Waals surface area contributed by atoms with E-state index in [1.54, 1.807) is 6.92 Å². The molecule has 24 heavy (non-hydrogen) atoms. The average Bonchev–Trinajstić information content (AvgIpc) is 2.56. The smallest absolute Gasteiger partial charge is 0.159 e. The molecule has 0 amide bonds. The van der Waals surface area contributed by atoms with Crippen LogP contribution in [0.3, 0.4) is 0 Å². The monoisotopic (exact) mass is 354 g/mol. The van der Waals surface area contributed by atoms with Crippen LogP contribution < -0.4 is 10.1 Å². The SMILES string of the molecule is CCOc1ccc(C(C)=O)cc1CN1CCC(CCNC)CC1.Cl. The van der Waals surface area contributed by atoms with Crippen molar-refractivity contribution in [2.75, 3.05) is 33.3 Å². The van der Waals surface area contributed by atoms with Crippen molar-refractivity contribution in [2.24, 2.45) is 5.92 Å². The molecule has 0 spiro atoms. The van der Waals surface area contributed by atoms with Gasteiger partial charge in [0.25, 0.3) is 0 Å². The van der Waals surface area contributed by atoms with Crippen LogP contribution in [0.25, 0.3) is 0 Å². The highest BCUT2D eigenvalue weighted by molar-refractivity contribution is 5.94. The van der Waals surface area contributed by atoms with Crippen LogP contribution in [0.15, 0.2) is 18.2 Å². The summed E-state index contributed by atoms with van der Waals surface area (Å²) in [6.07, 6.45) is 3.80. The Kier molecular flexibility index (Phi) is 9.34. The zero-order valence-electron chi connectivity index (χ0n) is 15.1. The molecule has 0 aliphatic carbocycles. The van der Waals surface area contributed by atoms with E-state index < -0.39 is 0 Å². The van der Waals surface area contributed by atoms with Crippen LogP contribution in [0, 0.1) is 5.92 Å². The first-order valence-corrected chi connectivity index (χ1v) is 8.77. The minimum Gasteiger partial charge on any atom is -0.494 e. The molecule has 136 valence electrons. The first kappa shape index (κ1) is 20.9. The minimum absolute atomic E-state index is 0. The van der Waals surface area contributed by atoms with Gasteiger partial charge >= 0.3 is 0 Å². The molecule has 1 aliphatic rings. The quantitative estimate of drug-likeness (QED) is 0.725.